The molecule has 5 nitrogen and oxygen atoms in total. The standard InChI is InChI=1S/C23H25N3O2/c1-6-19-9-7-8-10-22(19)25-16(3)12-20(18(25)5)14-24-21-11-15(2)17(4)23(13-21)26(27)28/h7-14H,6H2,1-5H3. The molecule has 0 bridgehead atoms. The molecule has 2 aromatic carbocycles. The van der Waals surface area contributed by atoms with Crippen molar-refractivity contribution in [3.8, 4) is 5.69 Å². The van der Waals surface area contributed by atoms with Crippen molar-refractivity contribution in [3.05, 3.63) is 86.2 Å². The van der Waals surface area contributed by atoms with Gasteiger partial charge in [-0.2, -0.15) is 0 Å². The first-order valence-electron chi connectivity index (χ1n) is 9.40. The summed E-state index contributed by atoms with van der Waals surface area (Å²) in [6, 6.07) is 13.9. The van der Waals surface area contributed by atoms with Gasteiger partial charge in [-0.15, -0.1) is 0 Å². The Balaban J connectivity index is 2.02. The van der Waals surface area contributed by atoms with E-state index in [2.05, 4.69) is 60.7 Å². The molecule has 0 aliphatic rings. The van der Waals surface area contributed by atoms with Crippen LogP contribution in [0.4, 0.5) is 11.4 Å². The van der Waals surface area contributed by atoms with E-state index < -0.39 is 0 Å². The van der Waals surface area contributed by atoms with Crippen LogP contribution in [0, 0.1) is 37.8 Å². The van der Waals surface area contributed by atoms with Crippen LogP contribution >= 0.6 is 0 Å². The first kappa shape index (κ1) is 19.5. The van der Waals surface area contributed by atoms with Gasteiger partial charge in [0.1, 0.15) is 0 Å². The molecule has 28 heavy (non-hydrogen) atoms. The molecule has 0 atom stereocenters. The Morgan fingerprint density at radius 2 is 1.82 bits per heavy atom. The Morgan fingerprint density at radius 1 is 1.11 bits per heavy atom. The van der Waals surface area contributed by atoms with Crippen molar-refractivity contribution in [1.82, 2.24) is 4.57 Å². The maximum Gasteiger partial charge on any atom is 0.274 e. The molecule has 0 N–H and O–H groups in total. The third-order valence-corrected chi connectivity index (χ3v) is 5.26. The summed E-state index contributed by atoms with van der Waals surface area (Å²) in [5.74, 6) is 0. The van der Waals surface area contributed by atoms with Crippen molar-refractivity contribution < 1.29 is 4.92 Å². The smallest absolute Gasteiger partial charge is 0.274 e. The highest BCUT2D eigenvalue weighted by Gasteiger charge is 2.15. The lowest BCUT2D eigenvalue weighted by molar-refractivity contribution is -0.385. The van der Waals surface area contributed by atoms with Gasteiger partial charge in [-0.1, -0.05) is 25.1 Å². The summed E-state index contributed by atoms with van der Waals surface area (Å²) in [7, 11) is 0. The van der Waals surface area contributed by atoms with Gasteiger partial charge in [-0.3, -0.25) is 15.1 Å². The number of nitro benzene ring substituents is 1. The molecule has 3 rings (SSSR count). The Kier molecular flexibility index (Phi) is 5.45. The molecule has 0 unspecified atom stereocenters. The predicted octanol–water partition coefficient (Wildman–Crippen LogP) is 5.93. The Hall–Kier alpha value is -3.21. The second-order valence-corrected chi connectivity index (χ2v) is 7.07. The zero-order valence-corrected chi connectivity index (χ0v) is 17.0. The molecule has 0 spiro atoms. The van der Waals surface area contributed by atoms with Gasteiger partial charge in [0.25, 0.3) is 5.69 Å². The van der Waals surface area contributed by atoms with Crippen LogP contribution in [0.1, 0.15) is 40.6 Å². The minimum Gasteiger partial charge on any atom is -0.318 e. The van der Waals surface area contributed by atoms with E-state index in [9.17, 15) is 10.1 Å². The molecule has 0 aliphatic heterocycles. The maximum atomic E-state index is 11.3. The van der Waals surface area contributed by atoms with E-state index in [0.717, 1.165) is 28.9 Å². The van der Waals surface area contributed by atoms with E-state index in [0.29, 0.717) is 11.3 Å². The van der Waals surface area contributed by atoms with Crippen LogP contribution < -0.4 is 0 Å². The number of para-hydroxylation sites is 1. The van der Waals surface area contributed by atoms with E-state index in [-0.39, 0.29) is 10.6 Å². The van der Waals surface area contributed by atoms with Crippen LogP contribution in [-0.2, 0) is 6.42 Å². The Bertz CT molecular complexity index is 1080. The number of nitrogens with zero attached hydrogens (tertiary/aromatic N) is 3. The normalized spacial score (nSPS) is 11.3. The van der Waals surface area contributed by atoms with E-state index >= 15 is 0 Å². The molecule has 5 heteroatoms. The summed E-state index contributed by atoms with van der Waals surface area (Å²) in [6.07, 6.45) is 2.75. The minimum atomic E-state index is -0.352. The van der Waals surface area contributed by atoms with Crippen molar-refractivity contribution in [3.63, 3.8) is 0 Å². The molecule has 1 aromatic heterocycles. The minimum absolute atomic E-state index is 0.106. The lowest BCUT2D eigenvalue weighted by atomic mass is 10.1. The van der Waals surface area contributed by atoms with Gasteiger partial charge < -0.3 is 4.57 Å². The van der Waals surface area contributed by atoms with Gasteiger partial charge in [0, 0.05) is 40.5 Å². The van der Waals surface area contributed by atoms with Crippen LogP contribution in [0.3, 0.4) is 0 Å². The Morgan fingerprint density at radius 3 is 2.50 bits per heavy atom. The second kappa shape index (κ2) is 7.80. The summed E-state index contributed by atoms with van der Waals surface area (Å²) < 4.78 is 2.24. The number of hydrogen-bond donors (Lipinski definition) is 0. The summed E-state index contributed by atoms with van der Waals surface area (Å²) >= 11 is 0. The van der Waals surface area contributed by atoms with Crippen LogP contribution in [0.15, 0.2) is 47.5 Å². The van der Waals surface area contributed by atoms with Gasteiger partial charge >= 0.3 is 0 Å². The van der Waals surface area contributed by atoms with Crippen molar-refractivity contribution in [2.75, 3.05) is 0 Å². The predicted molar refractivity (Wildman–Crippen MR) is 114 cm³/mol. The number of aryl methyl sites for hydroxylation is 3. The highest BCUT2D eigenvalue weighted by molar-refractivity contribution is 5.84. The second-order valence-electron chi connectivity index (χ2n) is 7.07. The van der Waals surface area contributed by atoms with Crippen LogP contribution in [-0.4, -0.2) is 15.7 Å². The van der Waals surface area contributed by atoms with E-state index in [1.165, 1.54) is 17.3 Å². The molecule has 0 radical (unpaired) electrons. The fourth-order valence-electron chi connectivity index (χ4n) is 3.55. The first-order valence-corrected chi connectivity index (χ1v) is 9.40. The Labute approximate surface area is 165 Å². The molecule has 1 heterocycles. The lowest BCUT2D eigenvalue weighted by Crippen LogP contribution is -2.03. The van der Waals surface area contributed by atoms with Crippen LogP contribution in [0.25, 0.3) is 5.69 Å². The molecular formula is C23H25N3O2. The largest absolute Gasteiger partial charge is 0.318 e. The number of rotatable bonds is 5. The average molecular weight is 375 g/mol. The van der Waals surface area contributed by atoms with E-state index in [4.69, 9.17) is 0 Å². The maximum absolute atomic E-state index is 11.3. The summed E-state index contributed by atoms with van der Waals surface area (Å²) in [4.78, 5) is 15.4. The molecule has 0 fully saturated rings. The fraction of sp³-hybridized carbons (Fsp3) is 0.261. The molecule has 144 valence electrons. The van der Waals surface area contributed by atoms with Crippen LogP contribution in [0.2, 0.25) is 0 Å². The molecule has 0 saturated carbocycles. The van der Waals surface area contributed by atoms with Gasteiger partial charge in [0.2, 0.25) is 0 Å². The summed E-state index contributed by atoms with van der Waals surface area (Å²) in [5, 5.41) is 11.3. The SMILES string of the molecule is CCc1ccccc1-n1c(C)cc(C=Nc2cc(C)c(C)c([N+](=O)[O-])c2)c1C. The quantitative estimate of drug-likeness (QED) is 0.315. The third-order valence-electron chi connectivity index (χ3n) is 5.26. The van der Waals surface area contributed by atoms with Gasteiger partial charge in [-0.25, -0.2) is 0 Å². The third kappa shape index (κ3) is 3.60. The van der Waals surface area contributed by atoms with Gasteiger partial charge in [0.15, 0.2) is 0 Å². The fourth-order valence-corrected chi connectivity index (χ4v) is 3.55. The lowest BCUT2D eigenvalue weighted by Gasteiger charge is -2.13. The van der Waals surface area contributed by atoms with Crippen molar-refractivity contribution >= 4 is 17.6 Å². The number of aromatic nitrogens is 1. The topological polar surface area (TPSA) is 60.4 Å². The molecule has 0 amide bonds. The van der Waals surface area contributed by atoms with Crippen molar-refractivity contribution in [2.24, 2.45) is 4.99 Å². The monoisotopic (exact) mass is 375 g/mol. The van der Waals surface area contributed by atoms with Gasteiger partial charge in [0.05, 0.1) is 10.6 Å². The molecule has 0 aliphatic carbocycles. The van der Waals surface area contributed by atoms with Crippen molar-refractivity contribution in [1.29, 1.82) is 0 Å². The zero-order valence-electron chi connectivity index (χ0n) is 17.0. The molecule has 3 aromatic rings. The molecular weight excluding hydrogens is 350 g/mol. The number of benzene rings is 2. The van der Waals surface area contributed by atoms with Crippen molar-refractivity contribution in [2.45, 2.75) is 41.0 Å². The van der Waals surface area contributed by atoms with E-state index in [1.54, 1.807) is 13.1 Å². The average Bonchev–Trinajstić information content (AvgIpc) is 2.95. The van der Waals surface area contributed by atoms with Crippen LogP contribution in [0.5, 0.6) is 0 Å². The van der Waals surface area contributed by atoms with E-state index in [1.807, 2.05) is 13.0 Å². The van der Waals surface area contributed by atoms with Gasteiger partial charge in [-0.05, 0) is 63.4 Å². The number of aliphatic imine (C=N–C) groups is 1. The zero-order chi connectivity index (χ0) is 20.4. The summed E-state index contributed by atoms with van der Waals surface area (Å²) in [6.45, 7) is 9.94. The number of hydrogen-bond acceptors (Lipinski definition) is 3. The highest BCUT2D eigenvalue weighted by Crippen LogP contribution is 2.28. The highest BCUT2D eigenvalue weighted by atomic mass is 16.6. The molecule has 0 saturated heterocycles. The number of nitro groups is 1. The first-order chi connectivity index (χ1) is 13.3. The summed E-state index contributed by atoms with van der Waals surface area (Å²) in [5.41, 5.74) is 7.94.